The van der Waals surface area contributed by atoms with E-state index in [-0.39, 0.29) is 34.4 Å². The molecule has 7 heteroatoms. The van der Waals surface area contributed by atoms with E-state index in [1.165, 1.54) is 24.3 Å². The first-order valence-electron chi connectivity index (χ1n) is 9.92. The highest BCUT2D eigenvalue weighted by atomic mass is 19.4. The van der Waals surface area contributed by atoms with Crippen molar-refractivity contribution in [3.05, 3.63) is 64.0 Å². The molecule has 0 bridgehead atoms. The molecule has 1 aliphatic rings. The number of aromatic hydroxyl groups is 1. The average molecular weight is 417 g/mol. The maximum atomic E-state index is 13.9. The Balaban J connectivity index is 1.94. The lowest BCUT2D eigenvalue weighted by Gasteiger charge is -2.31. The molecule has 30 heavy (non-hydrogen) atoms. The highest BCUT2D eigenvalue weighted by Crippen LogP contribution is 2.39. The van der Waals surface area contributed by atoms with E-state index in [1.54, 1.807) is 18.2 Å². The zero-order valence-corrected chi connectivity index (χ0v) is 16.5. The number of alkyl halides is 3. The number of nitrogens with zero attached hydrogens (tertiary/aromatic N) is 1. The van der Waals surface area contributed by atoms with Crippen molar-refractivity contribution < 1.29 is 22.7 Å². The van der Waals surface area contributed by atoms with Crippen LogP contribution >= 0.6 is 0 Å². The molecule has 4 rings (SSSR count). The van der Waals surface area contributed by atoms with Gasteiger partial charge in [0.05, 0.1) is 16.5 Å². The van der Waals surface area contributed by atoms with Crippen molar-refractivity contribution in [3.8, 4) is 16.9 Å². The van der Waals surface area contributed by atoms with Crippen molar-refractivity contribution in [2.24, 2.45) is 5.92 Å². The summed E-state index contributed by atoms with van der Waals surface area (Å²) in [6, 6.07) is 10.4. The monoisotopic (exact) mass is 417 g/mol. The Morgan fingerprint density at radius 3 is 2.57 bits per heavy atom. The second-order valence-electron chi connectivity index (χ2n) is 7.92. The number of rotatable bonds is 3. The molecule has 1 aromatic heterocycles. The topological polar surface area (TPSA) is 53.7 Å². The number of halogens is 3. The van der Waals surface area contributed by atoms with Crippen LogP contribution in [0.3, 0.4) is 0 Å². The van der Waals surface area contributed by atoms with Gasteiger partial charge in [0, 0.05) is 13.1 Å². The number of fused-ring (bicyclic) bond motifs is 1. The highest BCUT2D eigenvalue weighted by Gasteiger charge is 2.39. The fourth-order valence-electron chi connectivity index (χ4n) is 4.18. The maximum absolute atomic E-state index is 13.9. The van der Waals surface area contributed by atoms with Gasteiger partial charge in [-0.2, -0.15) is 13.2 Å². The summed E-state index contributed by atoms with van der Waals surface area (Å²) in [5.74, 6) is -1.06. The Bertz CT molecular complexity index is 1120. The minimum absolute atomic E-state index is 0.0275. The minimum atomic E-state index is -4.86. The van der Waals surface area contributed by atoms with Gasteiger partial charge < -0.3 is 9.52 Å². The molecule has 0 amide bonds. The van der Waals surface area contributed by atoms with Gasteiger partial charge in [0.25, 0.3) is 0 Å². The molecular weight excluding hydrogens is 395 g/mol. The number of benzene rings is 2. The molecule has 4 nitrogen and oxygen atoms in total. The molecule has 0 unspecified atom stereocenters. The highest BCUT2D eigenvalue weighted by molar-refractivity contribution is 5.86. The molecule has 1 saturated heterocycles. The lowest BCUT2D eigenvalue weighted by atomic mass is 9.98. The summed E-state index contributed by atoms with van der Waals surface area (Å²) in [7, 11) is 0. The summed E-state index contributed by atoms with van der Waals surface area (Å²) in [6.45, 7) is 3.88. The summed E-state index contributed by atoms with van der Waals surface area (Å²) >= 11 is 0. The van der Waals surface area contributed by atoms with E-state index in [0.29, 0.717) is 5.92 Å². The predicted molar refractivity (Wildman–Crippen MR) is 108 cm³/mol. The van der Waals surface area contributed by atoms with Crippen LogP contribution in [0.25, 0.3) is 22.1 Å². The van der Waals surface area contributed by atoms with Gasteiger partial charge >= 0.3 is 6.18 Å². The van der Waals surface area contributed by atoms with Crippen molar-refractivity contribution >= 4 is 11.0 Å². The van der Waals surface area contributed by atoms with Gasteiger partial charge in [0.1, 0.15) is 11.3 Å². The van der Waals surface area contributed by atoms with Gasteiger partial charge in [-0.15, -0.1) is 0 Å². The molecule has 0 aliphatic carbocycles. The molecule has 3 aromatic rings. The number of piperidine rings is 1. The zero-order valence-electron chi connectivity index (χ0n) is 16.5. The van der Waals surface area contributed by atoms with Gasteiger partial charge in [-0.05, 0) is 43.0 Å². The van der Waals surface area contributed by atoms with E-state index in [1.807, 2.05) is 0 Å². The van der Waals surface area contributed by atoms with E-state index in [2.05, 4.69) is 11.8 Å². The van der Waals surface area contributed by atoms with Crippen molar-refractivity contribution in [2.45, 2.75) is 32.5 Å². The molecule has 1 aliphatic heterocycles. The molecule has 1 atom stereocenters. The van der Waals surface area contributed by atoms with Crippen LogP contribution in [0.5, 0.6) is 5.75 Å². The van der Waals surface area contributed by atoms with Crippen LogP contribution in [0, 0.1) is 5.92 Å². The minimum Gasteiger partial charge on any atom is -0.507 e. The van der Waals surface area contributed by atoms with Gasteiger partial charge in [-0.3, -0.25) is 9.69 Å². The number of phenols is 1. The second-order valence-corrected chi connectivity index (χ2v) is 7.92. The van der Waals surface area contributed by atoms with Crippen molar-refractivity contribution in [2.75, 3.05) is 13.1 Å². The first-order valence-corrected chi connectivity index (χ1v) is 9.92. The second kappa shape index (κ2) is 7.80. The third-order valence-electron chi connectivity index (χ3n) is 5.58. The number of hydrogen-bond acceptors (Lipinski definition) is 4. The standard InChI is InChI=1S/C23H22F3NO3/c1-14-6-5-11-27(12-14)13-17-18(28)10-9-16-20(29)19(15-7-3-2-4-8-15)22(23(24,25)26)30-21(16)17/h2-4,7-10,14,28H,5-6,11-13H2,1H3/t14-/m0/s1. The smallest absolute Gasteiger partial charge is 0.450 e. The number of phenolic OH excluding ortho intramolecular Hbond substituents is 1. The lowest BCUT2D eigenvalue weighted by molar-refractivity contribution is -0.152. The van der Waals surface area contributed by atoms with Crippen molar-refractivity contribution in [3.63, 3.8) is 0 Å². The van der Waals surface area contributed by atoms with Gasteiger partial charge in [-0.25, -0.2) is 0 Å². The first-order chi connectivity index (χ1) is 14.3. The van der Waals surface area contributed by atoms with Crippen LogP contribution in [0.1, 0.15) is 31.1 Å². The number of likely N-dealkylation sites (tertiary alicyclic amines) is 1. The summed E-state index contributed by atoms with van der Waals surface area (Å²) in [5.41, 5.74) is -1.13. The summed E-state index contributed by atoms with van der Waals surface area (Å²) in [4.78, 5) is 15.2. The fraction of sp³-hybridized carbons (Fsp3) is 0.348. The average Bonchev–Trinajstić information content (AvgIpc) is 2.70. The first kappa shape index (κ1) is 20.5. The van der Waals surface area contributed by atoms with E-state index < -0.39 is 22.9 Å². The van der Waals surface area contributed by atoms with Crippen LogP contribution in [0.15, 0.2) is 51.7 Å². The molecule has 0 saturated carbocycles. The number of hydrogen-bond donors (Lipinski definition) is 1. The van der Waals surface area contributed by atoms with Crippen LogP contribution < -0.4 is 5.43 Å². The molecule has 0 radical (unpaired) electrons. The van der Waals surface area contributed by atoms with Crippen molar-refractivity contribution in [1.29, 1.82) is 0 Å². The fourth-order valence-corrected chi connectivity index (χ4v) is 4.18. The van der Waals surface area contributed by atoms with E-state index >= 15 is 0 Å². The Labute approximate surface area is 171 Å². The maximum Gasteiger partial charge on any atom is 0.450 e. The van der Waals surface area contributed by atoms with Gasteiger partial charge in [-0.1, -0.05) is 37.3 Å². The van der Waals surface area contributed by atoms with Crippen LogP contribution in [-0.2, 0) is 12.7 Å². The van der Waals surface area contributed by atoms with Crippen LogP contribution in [-0.4, -0.2) is 23.1 Å². The van der Waals surface area contributed by atoms with Crippen molar-refractivity contribution in [1.82, 2.24) is 4.90 Å². The summed E-state index contributed by atoms with van der Waals surface area (Å²) in [5, 5.41) is 10.4. The Kier molecular flexibility index (Phi) is 5.32. The third-order valence-corrected chi connectivity index (χ3v) is 5.58. The molecule has 1 fully saturated rings. The third kappa shape index (κ3) is 3.81. The predicted octanol–water partition coefficient (Wildman–Crippen LogP) is 5.42. The quantitative estimate of drug-likeness (QED) is 0.619. The molecule has 158 valence electrons. The molecule has 1 N–H and O–H groups in total. The molecule has 2 heterocycles. The molecule has 0 spiro atoms. The largest absolute Gasteiger partial charge is 0.507 e. The zero-order chi connectivity index (χ0) is 21.5. The van der Waals surface area contributed by atoms with Crippen LogP contribution in [0.4, 0.5) is 13.2 Å². The Morgan fingerprint density at radius 2 is 1.90 bits per heavy atom. The Morgan fingerprint density at radius 1 is 1.17 bits per heavy atom. The molecule has 2 aromatic carbocycles. The lowest BCUT2D eigenvalue weighted by Crippen LogP contribution is -2.33. The van der Waals surface area contributed by atoms with Crippen LogP contribution in [0.2, 0.25) is 0 Å². The molecular formula is C23H22F3NO3. The van der Waals surface area contributed by atoms with Gasteiger partial charge in [0.2, 0.25) is 11.2 Å². The summed E-state index contributed by atoms with van der Waals surface area (Å²) < 4.78 is 47.0. The van der Waals surface area contributed by atoms with E-state index in [0.717, 1.165) is 25.9 Å². The normalized spacial score (nSPS) is 18.1. The van der Waals surface area contributed by atoms with E-state index in [9.17, 15) is 23.1 Å². The van der Waals surface area contributed by atoms with E-state index in [4.69, 9.17) is 4.42 Å². The Hall–Kier alpha value is -2.80. The SMILES string of the molecule is C[C@H]1CCCN(Cc2c(O)ccc3c(=O)c(-c4ccccc4)c(C(F)(F)F)oc23)C1. The van der Waals surface area contributed by atoms with Gasteiger partial charge in [0.15, 0.2) is 0 Å². The summed E-state index contributed by atoms with van der Waals surface area (Å²) in [6.07, 6.45) is -2.80.